The minimum Gasteiger partial charge on any atom is -0.409 e. The van der Waals surface area contributed by atoms with Crippen LogP contribution in [0.15, 0.2) is 39.3 Å². The van der Waals surface area contributed by atoms with Crippen LogP contribution >= 0.6 is 12.2 Å². The molecule has 142 valence electrons. The lowest BCUT2D eigenvalue weighted by Gasteiger charge is -2.33. The smallest absolute Gasteiger partial charge is 0.288 e. The summed E-state index contributed by atoms with van der Waals surface area (Å²) >= 11 is 5.37. The van der Waals surface area contributed by atoms with Gasteiger partial charge in [0.2, 0.25) is 5.89 Å². The van der Waals surface area contributed by atoms with Crippen LogP contribution in [0.25, 0.3) is 11.5 Å². The van der Waals surface area contributed by atoms with Crippen molar-refractivity contribution in [1.29, 1.82) is 0 Å². The highest BCUT2D eigenvalue weighted by Gasteiger charge is 2.20. The van der Waals surface area contributed by atoms with Crippen LogP contribution in [0.1, 0.15) is 17.0 Å². The lowest BCUT2D eigenvalue weighted by Crippen LogP contribution is -2.46. The molecule has 0 saturated carbocycles. The summed E-state index contributed by atoms with van der Waals surface area (Å²) in [6.07, 6.45) is 0. The first-order valence-corrected chi connectivity index (χ1v) is 9.50. The fraction of sp³-hybridized carbons (Fsp3) is 0.421. The van der Waals surface area contributed by atoms with Gasteiger partial charge in [-0.15, -0.1) is 5.10 Å². The Hall–Kier alpha value is -2.29. The summed E-state index contributed by atoms with van der Waals surface area (Å²) in [4.78, 5) is 5.12. The molecule has 8 heteroatoms. The minimum absolute atomic E-state index is 0.410. The van der Waals surface area contributed by atoms with Gasteiger partial charge in [-0.05, 0) is 37.7 Å². The number of rotatable bonds is 5. The van der Waals surface area contributed by atoms with Crippen LogP contribution in [0.4, 0.5) is 0 Å². The van der Waals surface area contributed by atoms with Crippen LogP contribution in [-0.4, -0.2) is 50.9 Å². The number of aryl methyl sites for hydroxylation is 2. The molecule has 0 N–H and O–H groups in total. The van der Waals surface area contributed by atoms with E-state index in [2.05, 4.69) is 20.1 Å². The normalized spacial score (nSPS) is 16.1. The molecule has 3 heterocycles. The molecule has 0 radical (unpaired) electrons. The highest BCUT2D eigenvalue weighted by Crippen LogP contribution is 2.21. The molecule has 0 amide bonds. The van der Waals surface area contributed by atoms with E-state index < -0.39 is 0 Å². The summed E-state index contributed by atoms with van der Waals surface area (Å²) < 4.78 is 12.8. The van der Waals surface area contributed by atoms with Gasteiger partial charge in [0.15, 0.2) is 5.76 Å². The second kappa shape index (κ2) is 7.75. The summed E-state index contributed by atoms with van der Waals surface area (Å²) in [5.41, 5.74) is 3.03. The van der Waals surface area contributed by atoms with Gasteiger partial charge in [-0.3, -0.25) is 9.80 Å². The molecule has 1 aliphatic rings. The van der Waals surface area contributed by atoms with Crippen molar-refractivity contribution in [3.8, 4) is 11.5 Å². The van der Waals surface area contributed by atoms with Gasteiger partial charge in [0.05, 0.1) is 18.9 Å². The van der Waals surface area contributed by atoms with Crippen LogP contribution in [0.5, 0.6) is 0 Å². The number of nitrogens with zero attached hydrogens (tertiary/aromatic N) is 5. The van der Waals surface area contributed by atoms with E-state index in [1.807, 2.05) is 44.2 Å². The topological polar surface area (TPSA) is 63.5 Å². The van der Waals surface area contributed by atoms with Crippen molar-refractivity contribution in [2.75, 3.05) is 26.2 Å². The van der Waals surface area contributed by atoms with E-state index >= 15 is 0 Å². The van der Waals surface area contributed by atoms with Crippen molar-refractivity contribution in [2.24, 2.45) is 0 Å². The first kappa shape index (κ1) is 18.1. The highest BCUT2D eigenvalue weighted by molar-refractivity contribution is 7.71. The molecule has 1 saturated heterocycles. The molecule has 2 aromatic heterocycles. The Kier molecular flexibility index (Phi) is 5.20. The fourth-order valence-electron chi connectivity index (χ4n) is 3.31. The van der Waals surface area contributed by atoms with Crippen LogP contribution < -0.4 is 0 Å². The van der Waals surface area contributed by atoms with Crippen LogP contribution in [0.3, 0.4) is 0 Å². The second-order valence-corrected chi connectivity index (χ2v) is 7.31. The first-order valence-electron chi connectivity index (χ1n) is 9.09. The maximum absolute atomic E-state index is 5.74. The van der Waals surface area contributed by atoms with Gasteiger partial charge in [0, 0.05) is 37.8 Å². The standard InChI is InChI=1S/C19H23N5O2S/c1-14-5-3-4-6-17(14)18-20-24(19(27)25-18)13-23-9-7-22(8-10-23)12-16-11-15(2)21-26-16/h3-6,11H,7-10,12-13H2,1-2H3. The number of piperazine rings is 1. The summed E-state index contributed by atoms with van der Waals surface area (Å²) in [6.45, 7) is 9.26. The molecule has 0 spiro atoms. The lowest BCUT2D eigenvalue weighted by molar-refractivity contribution is 0.0914. The maximum atomic E-state index is 5.74. The van der Waals surface area contributed by atoms with E-state index in [1.165, 1.54) is 0 Å². The Bertz CT molecular complexity index is 968. The van der Waals surface area contributed by atoms with Crippen molar-refractivity contribution in [1.82, 2.24) is 24.7 Å². The van der Waals surface area contributed by atoms with E-state index in [0.717, 1.165) is 55.3 Å². The molecule has 4 rings (SSSR count). The number of hydrogen-bond donors (Lipinski definition) is 0. The van der Waals surface area contributed by atoms with Gasteiger partial charge in [0.25, 0.3) is 4.84 Å². The molecule has 0 atom stereocenters. The Morgan fingerprint density at radius 3 is 2.52 bits per heavy atom. The van der Waals surface area contributed by atoms with E-state index in [1.54, 1.807) is 4.68 Å². The van der Waals surface area contributed by atoms with E-state index in [-0.39, 0.29) is 0 Å². The highest BCUT2D eigenvalue weighted by atomic mass is 32.1. The largest absolute Gasteiger partial charge is 0.409 e. The number of aromatic nitrogens is 3. The quantitative estimate of drug-likeness (QED) is 0.625. The van der Waals surface area contributed by atoms with Gasteiger partial charge in [-0.25, -0.2) is 4.68 Å². The number of benzene rings is 1. The van der Waals surface area contributed by atoms with Crippen molar-refractivity contribution in [2.45, 2.75) is 27.1 Å². The van der Waals surface area contributed by atoms with Crippen LogP contribution in [0.2, 0.25) is 0 Å². The van der Waals surface area contributed by atoms with E-state index in [0.29, 0.717) is 17.4 Å². The predicted molar refractivity (Wildman–Crippen MR) is 104 cm³/mol. The van der Waals surface area contributed by atoms with Gasteiger partial charge in [-0.2, -0.15) is 0 Å². The molecule has 0 aliphatic carbocycles. The predicted octanol–water partition coefficient (Wildman–Crippen LogP) is 3.25. The molecule has 0 bridgehead atoms. The van der Waals surface area contributed by atoms with Gasteiger partial charge < -0.3 is 8.94 Å². The molecular weight excluding hydrogens is 362 g/mol. The van der Waals surface area contributed by atoms with Crippen LogP contribution in [0, 0.1) is 18.7 Å². The summed E-state index contributed by atoms with van der Waals surface area (Å²) in [7, 11) is 0. The average molecular weight is 385 g/mol. The Morgan fingerprint density at radius 2 is 1.81 bits per heavy atom. The number of hydrogen-bond acceptors (Lipinski definition) is 7. The zero-order valence-electron chi connectivity index (χ0n) is 15.6. The molecule has 1 aromatic carbocycles. The van der Waals surface area contributed by atoms with Gasteiger partial charge in [-0.1, -0.05) is 23.4 Å². The maximum Gasteiger partial charge on any atom is 0.288 e. The fourth-order valence-corrected chi connectivity index (χ4v) is 3.48. The van der Waals surface area contributed by atoms with Crippen molar-refractivity contribution in [3.63, 3.8) is 0 Å². The van der Waals surface area contributed by atoms with E-state index in [4.69, 9.17) is 21.2 Å². The third kappa shape index (κ3) is 4.18. The monoisotopic (exact) mass is 385 g/mol. The summed E-state index contributed by atoms with van der Waals surface area (Å²) in [5.74, 6) is 1.50. The van der Waals surface area contributed by atoms with Gasteiger partial charge >= 0.3 is 0 Å². The Labute approximate surface area is 163 Å². The zero-order chi connectivity index (χ0) is 18.8. The van der Waals surface area contributed by atoms with Crippen molar-refractivity contribution in [3.05, 3.63) is 52.2 Å². The van der Waals surface area contributed by atoms with Crippen LogP contribution in [-0.2, 0) is 13.2 Å². The Balaban J connectivity index is 1.37. The molecule has 1 fully saturated rings. The molecule has 0 unspecified atom stereocenters. The molecule has 7 nitrogen and oxygen atoms in total. The molecular formula is C19H23N5O2S. The summed E-state index contributed by atoms with van der Waals surface area (Å²) in [6, 6.07) is 10.0. The molecule has 1 aliphatic heterocycles. The Morgan fingerprint density at radius 1 is 1.07 bits per heavy atom. The first-order chi connectivity index (χ1) is 13.1. The minimum atomic E-state index is 0.410. The lowest BCUT2D eigenvalue weighted by atomic mass is 10.1. The molecule has 27 heavy (non-hydrogen) atoms. The van der Waals surface area contributed by atoms with Crippen molar-refractivity contribution < 1.29 is 8.94 Å². The average Bonchev–Trinajstić information content (AvgIpc) is 3.23. The van der Waals surface area contributed by atoms with Gasteiger partial charge in [0.1, 0.15) is 0 Å². The molecule has 3 aromatic rings. The third-order valence-corrected chi connectivity index (χ3v) is 5.13. The van der Waals surface area contributed by atoms with E-state index in [9.17, 15) is 0 Å². The third-order valence-electron chi connectivity index (χ3n) is 4.84. The SMILES string of the molecule is Cc1cc(CN2CCN(Cn3nc(-c4ccccc4C)oc3=S)CC2)on1. The zero-order valence-corrected chi connectivity index (χ0v) is 16.4. The second-order valence-electron chi connectivity index (χ2n) is 6.96. The summed E-state index contributed by atoms with van der Waals surface area (Å²) in [5, 5.41) is 8.54. The van der Waals surface area contributed by atoms with Crippen molar-refractivity contribution >= 4 is 12.2 Å².